The smallest absolute Gasteiger partial charge is 0.191 e. The van der Waals surface area contributed by atoms with E-state index in [1.165, 1.54) is 11.3 Å². The third-order valence-corrected chi connectivity index (χ3v) is 5.05. The molecule has 2 heterocycles. The lowest BCUT2D eigenvalue weighted by molar-refractivity contribution is 0.790. The van der Waals surface area contributed by atoms with Crippen LogP contribution in [0, 0.1) is 6.92 Å². The molecule has 1 aromatic carbocycles. The highest BCUT2D eigenvalue weighted by molar-refractivity contribution is 7.09. The Balaban J connectivity index is 1.51. The van der Waals surface area contributed by atoms with Crippen LogP contribution in [0.25, 0.3) is 0 Å². The van der Waals surface area contributed by atoms with Crippen molar-refractivity contribution in [2.24, 2.45) is 4.99 Å². The quantitative estimate of drug-likeness (QED) is 0.447. The van der Waals surface area contributed by atoms with Crippen LogP contribution >= 0.6 is 11.3 Å². The maximum atomic E-state index is 4.70. The molecule has 0 bridgehead atoms. The molecule has 2 aromatic rings. The van der Waals surface area contributed by atoms with Gasteiger partial charge in [0.05, 0.1) is 17.2 Å². The number of aromatic nitrogens is 1. The fraction of sp³-hybridized carbons (Fsp3) is 0.400. The lowest BCUT2D eigenvalue weighted by Gasteiger charge is -2.17. The Labute approximate surface area is 159 Å². The molecule has 3 rings (SSSR count). The monoisotopic (exact) mass is 369 g/mol. The van der Waals surface area contributed by atoms with Crippen LogP contribution < -0.4 is 15.5 Å². The van der Waals surface area contributed by atoms with Crippen molar-refractivity contribution in [1.29, 1.82) is 0 Å². The first-order valence-corrected chi connectivity index (χ1v) is 10.0. The number of aliphatic imine (C=N–C) groups is 1. The molecule has 0 atom stereocenters. The molecule has 0 fully saturated rings. The number of anilines is 1. The molecule has 0 unspecified atom stereocenters. The number of rotatable bonds is 7. The summed E-state index contributed by atoms with van der Waals surface area (Å²) in [6.45, 7) is 8.48. The first-order chi connectivity index (χ1) is 12.7. The van der Waals surface area contributed by atoms with E-state index >= 15 is 0 Å². The van der Waals surface area contributed by atoms with Gasteiger partial charge in [-0.3, -0.25) is 0 Å². The number of nitrogens with zero attached hydrogens (tertiary/aromatic N) is 3. The van der Waals surface area contributed by atoms with Crippen molar-refractivity contribution in [3.8, 4) is 0 Å². The third-order valence-electron chi connectivity index (χ3n) is 4.22. The molecule has 0 spiro atoms. The highest BCUT2D eigenvalue weighted by atomic mass is 32.1. The Morgan fingerprint density at radius 1 is 1.19 bits per heavy atom. The summed E-state index contributed by atoms with van der Waals surface area (Å²) in [6.07, 6.45) is 5.33. The Bertz CT molecular complexity index is 740. The second-order valence-corrected chi connectivity index (χ2v) is 7.33. The van der Waals surface area contributed by atoms with Gasteiger partial charge < -0.3 is 15.5 Å². The fourth-order valence-corrected chi connectivity index (χ4v) is 3.49. The van der Waals surface area contributed by atoms with E-state index in [1.54, 1.807) is 11.3 Å². The van der Waals surface area contributed by atoms with E-state index < -0.39 is 0 Å². The van der Waals surface area contributed by atoms with E-state index in [-0.39, 0.29) is 0 Å². The Kier molecular flexibility index (Phi) is 6.66. The average Bonchev–Trinajstić information content (AvgIpc) is 3.32. The minimum Gasteiger partial charge on any atom is -0.364 e. The first-order valence-electron chi connectivity index (χ1n) is 9.16. The number of aryl methyl sites for hydroxylation is 1. The highest BCUT2D eigenvalue weighted by Crippen LogP contribution is 2.17. The van der Waals surface area contributed by atoms with Crippen LogP contribution in [-0.2, 0) is 13.0 Å². The van der Waals surface area contributed by atoms with Crippen LogP contribution in [0.4, 0.5) is 5.69 Å². The van der Waals surface area contributed by atoms with Crippen LogP contribution in [-0.4, -0.2) is 37.1 Å². The van der Waals surface area contributed by atoms with Gasteiger partial charge >= 0.3 is 0 Å². The molecule has 0 radical (unpaired) electrons. The SMILES string of the molecule is CCNC(=NCc1ccc(N2CC=CC2)cc1)NCCc1csc(C)n1. The number of benzene rings is 1. The summed E-state index contributed by atoms with van der Waals surface area (Å²) in [5.41, 5.74) is 3.63. The van der Waals surface area contributed by atoms with Crippen molar-refractivity contribution in [1.82, 2.24) is 15.6 Å². The fourth-order valence-electron chi connectivity index (χ4n) is 2.85. The molecule has 5 nitrogen and oxygen atoms in total. The number of hydrogen-bond donors (Lipinski definition) is 2. The molecule has 0 amide bonds. The molecule has 1 aromatic heterocycles. The summed E-state index contributed by atoms with van der Waals surface area (Å²) in [5, 5.41) is 9.94. The first kappa shape index (κ1) is 18.5. The van der Waals surface area contributed by atoms with Gasteiger partial charge in [-0.05, 0) is 31.5 Å². The van der Waals surface area contributed by atoms with Crippen molar-refractivity contribution < 1.29 is 0 Å². The van der Waals surface area contributed by atoms with Crippen LogP contribution in [0.5, 0.6) is 0 Å². The molecule has 1 aliphatic heterocycles. The zero-order valence-electron chi connectivity index (χ0n) is 15.5. The van der Waals surface area contributed by atoms with Crippen molar-refractivity contribution in [3.05, 3.63) is 58.1 Å². The van der Waals surface area contributed by atoms with Gasteiger partial charge in [-0.1, -0.05) is 24.3 Å². The molecular weight excluding hydrogens is 342 g/mol. The molecule has 0 saturated carbocycles. The number of guanidine groups is 1. The predicted octanol–water partition coefficient (Wildman–Crippen LogP) is 3.13. The summed E-state index contributed by atoms with van der Waals surface area (Å²) < 4.78 is 0. The van der Waals surface area contributed by atoms with Gasteiger partial charge in [-0.2, -0.15) is 0 Å². The average molecular weight is 370 g/mol. The van der Waals surface area contributed by atoms with Crippen molar-refractivity contribution in [2.75, 3.05) is 31.1 Å². The molecule has 0 aliphatic carbocycles. The maximum Gasteiger partial charge on any atom is 0.191 e. The van der Waals surface area contributed by atoms with Gasteiger partial charge in [0.15, 0.2) is 5.96 Å². The number of thiazole rings is 1. The van der Waals surface area contributed by atoms with E-state index in [2.05, 4.69) is 69.2 Å². The zero-order chi connectivity index (χ0) is 18.2. The summed E-state index contributed by atoms with van der Waals surface area (Å²) in [6, 6.07) is 8.70. The molecule has 1 aliphatic rings. The standard InChI is InChI=1S/C20H27N5S/c1-3-21-20(22-11-10-18-15-26-16(2)24-18)23-14-17-6-8-19(9-7-17)25-12-4-5-13-25/h4-9,15H,3,10-14H2,1-2H3,(H2,21,22,23). The maximum absolute atomic E-state index is 4.70. The number of nitrogens with one attached hydrogen (secondary N) is 2. The van der Waals surface area contributed by atoms with Gasteiger partial charge in [0.2, 0.25) is 0 Å². The van der Waals surface area contributed by atoms with Crippen molar-refractivity contribution in [2.45, 2.75) is 26.8 Å². The van der Waals surface area contributed by atoms with Crippen LogP contribution in [0.3, 0.4) is 0 Å². The lowest BCUT2D eigenvalue weighted by Crippen LogP contribution is -2.38. The van der Waals surface area contributed by atoms with Gasteiger partial charge in [0, 0.05) is 43.7 Å². The van der Waals surface area contributed by atoms with Crippen LogP contribution in [0.1, 0.15) is 23.2 Å². The van der Waals surface area contributed by atoms with E-state index in [4.69, 9.17) is 4.99 Å². The molecule has 138 valence electrons. The number of hydrogen-bond acceptors (Lipinski definition) is 4. The van der Waals surface area contributed by atoms with E-state index in [0.29, 0.717) is 6.54 Å². The summed E-state index contributed by atoms with van der Waals surface area (Å²) in [5.74, 6) is 0.854. The Morgan fingerprint density at radius 2 is 1.96 bits per heavy atom. The van der Waals surface area contributed by atoms with Gasteiger partial charge in [0.1, 0.15) is 0 Å². The predicted molar refractivity (Wildman–Crippen MR) is 111 cm³/mol. The second-order valence-electron chi connectivity index (χ2n) is 6.27. The van der Waals surface area contributed by atoms with Gasteiger partial charge in [-0.15, -0.1) is 11.3 Å². The normalized spacial score (nSPS) is 14.1. The third kappa shape index (κ3) is 5.33. The van der Waals surface area contributed by atoms with Gasteiger partial charge in [0.25, 0.3) is 0 Å². The molecule has 26 heavy (non-hydrogen) atoms. The second kappa shape index (κ2) is 9.38. The van der Waals surface area contributed by atoms with Crippen molar-refractivity contribution >= 4 is 23.0 Å². The van der Waals surface area contributed by atoms with Crippen LogP contribution in [0.15, 0.2) is 46.8 Å². The summed E-state index contributed by atoms with van der Waals surface area (Å²) >= 11 is 1.70. The molecular formula is C20H27N5S. The summed E-state index contributed by atoms with van der Waals surface area (Å²) in [7, 11) is 0. The van der Waals surface area contributed by atoms with E-state index in [9.17, 15) is 0 Å². The minimum atomic E-state index is 0.670. The van der Waals surface area contributed by atoms with E-state index in [1.807, 2.05) is 6.92 Å². The largest absolute Gasteiger partial charge is 0.364 e. The Hall–Kier alpha value is -2.34. The topological polar surface area (TPSA) is 52.6 Å². The van der Waals surface area contributed by atoms with Gasteiger partial charge in [-0.25, -0.2) is 9.98 Å². The molecule has 0 saturated heterocycles. The van der Waals surface area contributed by atoms with Crippen molar-refractivity contribution in [3.63, 3.8) is 0 Å². The Morgan fingerprint density at radius 3 is 2.62 bits per heavy atom. The lowest BCUT2D eigenvalue weighted by atomic mass is 10.2. The zero-order valence-corrected chi connectivity index (χ0v) is 16.4. The highest BCUT2D eigenvalue weighted by Gasteiger charge is 2.07. The molecule has 2 N–H and O–H groups in total. The molecule has 6 heteroatoms. The van der Waals surface area contributed by atoms with Crippen LogP contribution in [0.2, 0.25) is 0 Å². The minimum absolute atomic E-state index is 0.670. The summed E-state index contributed by atoms with van der Waals surface area (Å²) in [4.78, 5) is 11.5. The van der Waals surface area contributed by atoms with E-state index in [0.717, 1.165) is 49.3 Å².